The predicted octanol–water partition coefficient (Wildman–Crippen LogP) is 0.940. The van der Waals surface area contributed by atoms with Gasteiger partial charge in [-0.1, -0.05) is 0 Å². The van der Waals surface area contributed by atoms with Crippen LogP contribution >= 0.6 is 0 Å². The summed E-state index contributed by atoms with van der Waals surface area (Å²) in [5.74, 6) is -6.66. The molecule has 8 nitrogen and oxygen atoms in total. The summed E-state index contributed by atoms with van der Waals surface area (Å²) in [7, 11) is 0. The zero-order valence-corrected chi connectivity index (χ0v) is 11.1. The summed E-state index contributed by atoms with van der Waals surface area (Å²) >= 11 is 0. The van der Waals surface area contributed by atoms with Crippen molar-refractivity contribution in [3.05, 3.63) is 5.56 Å². The number of phenols is 5. The van der Waals surface area contributed by atoms with Crippen molar-refractivity contribution in [2.75, 3.05) is 13.2 Å². The first-order chi connectivity index (χ1) is 9.93. The van der Waals surface area contributed by atoms with Gasteiger partial charge in [-0.25, -0.2) is 4.79 Å². The SMILES string of the molecule is O=C(OCC1CCCCO1)c1c(O)c(O)c(O)c(O)c1O. The van der Waals surface area contributed by atoms with Gasteiger partial charge >= 0.3 is 5.97 Å². The average molecular weight is 300 g/mol. The van der Waals surface area contributed by atoms with E-state index in [1.165, 1.54) is 0 Å². The van der Waals surface area contributed by atoms with E-state index in [0.717, 1.165) is 19.3 Å². The highest BCUT2D eigenvalue weighted by molar-refractivity contribution is 5.98. The number of ether oxygens (including phenoxy) is 2. The summed E-state index contributed by atoms with van der Waals surface area (Å²) in [4.78, 5) is 11.8. The highest BCUT2D eigenvalue weighted by atomic mass is 16.6. The second kappa shape index (κ2) is 5.96. The minimum absolute atomic E-state index is 0.0832. The van der Waals surface area contributed by atoms with Gasteiger partial charge in [-0.2, -0.15) is 0 Å². The van der Waals surface area contributed by atoms with Crippen LogP contribution in [0.4, 0.5) is 0 Å². The number of rotatable bonds is 3. The van der Waals surface area contributed by atoms with Crippen LogP contribution in [0.2, 0.25) is 0 Å². The number of esters is 1. The van der Waals surface area contributed by atoms with Crippen LogP contribution in [0, 0.1) is 0 Å². The van der Waals surface area contributed by atoms with Crippen LogP contribution in [0.3, 0.4) is 0 Å². The Kier molecular flexibility index (Phi) is 4.27. The Morgan fingerprint density at radius 1 is 1.00 bits per heavy atom. The summed E-state index contributed by atoms with van der Waals surface area (Å²) in [6, 6.07) is 0. The first-order valence-corrected chi connectivity index (χ1v) is 6.41. The Morgan fingerprint density at radius 3 is 2.10 bits per heavy atom. The molecular formula is C13H16O8. The number of carbonyl (C=O) groups excluding carboxylic acids is 1. The van der Waals surface area contributed by atoms with Gasteiger partial charge in [-0.15, -0.1) is 0 Å². The third-order valence-electron chi connectivity index (χ3n) is 3.25. The molecule has 1 fully saturated rings. The largest absolute Gasteiger partial charge is 0.503 e. The molecule has 1 aromatic rings. The number of hydrogen-bond acceptors (Lipinski definition) is 8. The molecule has 1 aliphatic heterocycles. The molecule has 0 radical (unpaired) electrons. The van der Waals surface area contributed by atoms with Crippen LogP contribution < -0.4 is 0 Å². The molecule has 1 unspecified atom stereocenters. The third kappa shape index (κ3) is 2.89. The monoisotopic (exact) mass is 300 g/mol. The summed E-state index contributed by atoms with van der Waals surface area (Å²) in [6.45, 7) is 0.486. The van der Waals surface area contributed by atoms with E-state index >= 15 is 0 Å². The molecular weight excluding hydrogens is 284 g/mol. The van der Waals surface area contributed by atoms with E-state index in [2.05, 4.69) is 0 Å². The number of carbonyl (C=O) groups is 1. The van der Waals surface area contributed by atoms with Gasteiger partial charge in [0.25, 0.3) is 0 Å². The maximum Gasteiger partial charge on any atom is 0.346 e. The van der Waals surface area contributed by atoms with Crippen molar-refractivity contribution in [1.29, 1.82) is 0 Å². The lowest BCUT2D eigenvalue weighted by Gasteiger charge is -2.22. The highest BCUT2D eigenvalue weighted by Crippen LogP contribution is 2.50. The Bertz CT molecular complexity index is 519. The van der Waals surface area contributed by atoms with Crippen molar-refractivity contribution >= 4 is 5.97 Å². The van der Waals surface area contributed by atoms with E-state index in [-0.39, 0.29) is 12.7 Å². The summed E-state index contributed by atoms with van der Waals surface area (Å²) in [5, 5.41) is 47.1. The molecule has 1 heterocycles. The van der Waals surface area contributed by atoms with Crippen LogP contribution in [0.5, 0.6) is 28.7 Å². The van der Waals surface area contributed by atoms with Gasteiger partial charge in [0.05, 0.1) is 6.10 Å². The third-order valence-corrected chi connectivity index (χ3v) is 3.25. The van der Waals surface area contributed by atoms with Crippen molar-refractivity contribution in [2.24, 2.45) is 0 Å². The Balaban J connectivity index is 2.15. The molecule has 21 heavy (non-hydrogen) atoms. The minimum Gasteiger partial charge on any atom is -0.503 e. The molecule has 2 rings (SSSR count). The van der Waals surface area contributed by atoms with Gasteiger partial charge in [0, 0.05) is 6.61 Å². The quantitative estimate of drug-likeness (QED) is 0.316. The number of aromatic hydroxyl groups is 5. The molecule has 1 aromatic carbocycles. The molecule has 1 atom stereocenters. The fourth-order valence-corrected chi connectivity index (χ4v) is 2.06. The Labute approximate surface area is 119 Å². The topological polar surface area (TPSA) is 137 Å². The van der Waals surface area contributed by atoms with Crippen LogP contribution in [0.1, 0.15) is 29.6 Å². The summed E-state index contributed by atoms with van der Waals surface area (Å²) in [5.41, 5.74) is -0.821. The van der Waals surface area contributed by atoms with E-state index in [1.54, 1.807) is 0 Å². The molecule has 0 aliphatic carbocycles. The van der Waals surface area contributed by atoms with E-state index in [0.29, 0.717) is 6.61 Å². The fourth-order valence-electron chi connectivity index (χ4n) is 2.06. The molecule has 5 N–H and O–H groups in total. The second-order valence-electron chi connectivity index (χ2n) is 4.71. The molecule has 0 bridgehead atoms. The van der Waals surface area contributed by atoms with Crippen LogP contribution in [-0.2, 0) is 9.47 Å². The molecule has 0 saturated carbocycles. The lowest BCUT2D eigenvalue weighted by molar-refractivity contribution is -0.0302. The van der Waals surface area contributed by atoms with E-state index in [4.69, 9.17) is 9.47 Å². The summed E-state index contributed by atoms with van der Waals surface area (Å²) < 4.78 is 10.2. The molecule has 1 saturated heterocycles. The lowest BCUT2D eigenvalue weighted by Crippen LogP contribution is -2.26. The second-order valence-corrected chi connectivity index (χ2v) is 4.71. The fraction of sp³-hybridized carbons (Fsp3) is 0.462. The first kappa shape index (κ1) is 15.0. The van der Waals surface area contributed by atoms with E-state index in [1.807, 2.05) is 0 Å². The number of hydrogen-bond donors (Lipinski definition) is 5. The molecule has 0 spiro atoms. The van der Waals surface area contributed by atoms with Crippen molar-refractivity contribution in [3.8, 4) is 28.7 Å². The van der Waals surface area contributed by atoms with Crippen molar-refractivity contribution in [2.45, 2.75) is 25.4 Å². The molecule has 0 amide bonds. The standard InChI is InChI=1S/C13H16O8/c14-8-7(9(15)11(17)12(18)10(8)16)13(19)21-5-6-3-1-2-4-20-6/h6,14-18H,1-5H2. The van der Waals surface area contributed by atoms with Crippen molar-refractivity contribution in [1.82, 2.24) is 0 Å². The van der Waals surface area contributed by atoms with Gasteiger partial charge in [-0.05, 0) is 19.3 Å². The molecule has 1 aliphatic rings. The maximum absolute atomic E-state index is 11.8. The van der Waals surface area contributed by atoms with Crippen LogP contribution in [0.15, 0.2) is 0 Å². The van der Waals surface area contributed by atoms with Crippen molar-refractivity contribution in [3.63, 3.8) is 0 Å². The van der Waals surface area contributed by atoms with Crippen LogP contribution in [0.25, 0.3) is 0 Å². The van der Waals surface area contributed by atoms with Gasteiger partial charge in [0.15, 0.2) is 17.1 Å². The Morgan fingerprint density at radius 2 is 1.57 bits per heavy atom. The van der Waals surface area contributed by atoms with E-state index < -0.39 is 40.3 Å². The average Bonchev–Trinajstić information content (AvgIpc) is 2.50. The predicted molar refractivity (Wildman–Crippen MR) is 68.6 cm³/mol. The Hall–Kier alpha value is -2.35. The van der Waals surface area contributed by atoms with Crippen molar-refractivity contribution < 1.29 is 39.8 Å². The molecule has 8 heteroatoms. The zero-order chi connectivity index (χ0) is 15.6. The summed E-state index contributed by atoms with van der Waals surface area (Å²) in [6.07, 6.45) is 2.33. The van der Waals surface area contributed by atoms with Gasteiger partial charge in [0.2, 0.25) is 17.2 Å². The lowest BCUT2D eigenvalue weighted by atomic mass is 10.1. The van der Waals surface area contributed by atoms with Gasteiger partial charge in [0.1, 0.15) is 6.61 Å². The first-order valence-electron chi connectivity index (χ1n) is 6.41. The number of phenolic OH excluding ortho intramolecular Hbond substituents is 5. The van der Waals surface area contributed by atoms with Gasteiger partial charge < -0.3 is 35.0 Å². The highest BCUT2D eigenvalue weighted by Gasteiger charge is 2.29. The smallest absolute Gasteiger partial charge is 0.346 e. The molecule has 116 valence electrons. The van der Waals surface area contributed by atoms with Gasteiger partial charge in [-0.3, -0.25) is 0 Å². The van der Waals surface area contributed by atoms with Crippen LogP contribution in [-0.4, -0.2) is 50.8 Å². The zero-order valence-electron chi connectivity index (χ0n) is 11.1. The normalized spacial score (nSPS) is 18.4. The maximum atomic E-state index is 11.8. The minimum atomic E-state index is -1.15. The molecule has 0 aromatic heterocycles. The number of benzene rings is 1. The van der Waals surface area contributed by atoms with E-state index in [9.17, 15) is 30.3 Å².